The van der Waals surface area contributed by atoms with Gasteiger partial charge in [0, 0.05) is 13.6 Å². The molecule has 0 spiro atoms. The zero-order valence-corrected chi connectivity index (χ0v) is 12.3. The molecule has 1 saturated heterocycles. The van der Waals surface area contributed by atoms with Crippen LogP contribution in [0.3, 0.4) is 0 Å². The zero-order valence-electron chi connectivity index (χ0n) is 11.5. The second kappa shape index (κ2) is 5.22. The van der Waals surface area contributed by atoms with Crippen LogP contribution >= 0.6 is 0 Å². The number of hydrogen-bond donors (Lipinski definition) is 1. The summed E-state index contributed by atoms with van der Waals surface area (Å²) in [6, 6.07) is 1.13. The number of aromatic nitrogens is 2. The van der Waals surface area contributed by atoms with Gasteiger partial charge in [0.15, 0.2) is 5.03 Å². The summed E-state index contributed by atoms with van der Waals surface area (Å²) in [6.45, 7) is 4.18. The summed E-state index contributed by atoms with van der Waals surface area (Å²) in [4.78, 5) is 0. The predicted molar refractivity (Wildman–Crippen MR) is 71.0 cm³/mol. The van der Waals surface area contributed by atoms with Gasteiger partial charge in [-0.1, -0.05) is 6.92 Å². The minimum Gasteiger partial charge on any atom is -0.392 e. The average Bonchev–Trinajstić information content (AvgIpc) is 2.75. The Labute approximate surface area is 114 Å². The van der Waals surface area contributed by atoms with Crippen LogP contribution < -0.4 is 0 Å². The van der Waals surface area contributed by atoms with Crippen molar-refractivity contribution in [2.45, 2.75) is 43.9 Å². The Kier molecular flexibility index (Phi) is 3.98. The van der Waals surface area contributed by atoms with E-state index in [0.29, 0.717) is 18.9 Å². The maximum atomic E-state index is 12.6. The van der Waals surface area contributed by atoms with Gasteiger partial charge in [-0.05, 0) is 31.7 Å². The molecule has 1 aromatic rings. The molecule has 0 aromatic carbocycles. The van der Waals surface area contributed by atoms with Crippen molar-refractivity contribution in [3.63, 3.8) is 0 Å². The minimum absolute atomic E-state index is 0.174. The van der Waals surface area contributed by atoms with E-state index >= 15 is 0 Å². The number of aryl methyl sites for hydroxylation is 1. The fraction of sp³-hybridized carbons (Fsp3) is 0.750. The van der Waals surface area contributed by atoms with Gasteiger partial charge >= 0.3 is 0 Å². The van der Waals surface area contributed by atoms with E-state index in [2.05, 4.69) is 12.0 Å². The van der Waals surface area contributed by atoms with E-state index in [0.717, 1.165) is 6.42 Å². The molecule has 0 saturated carbocycles. The van der Waals surface area contributed by atoms with E-state index in [9.17, 15) is 13.5 Å². The molecular weight excluding hydrogens is 266 g/mol. The van der Waals surface area contributed by atoms with E-state index < -0.39 is 16.1 Å². The van der Waals surface area contributed by atoms with Crippen molar-refractivity contribution in [2.24, 2.45) is 13.0 Å². The maximum absolute atomic E-state index is 12.6. The van der Waals surface area contributed by atoms with Gasteiger partial charge in [-0.3, -0.25) is 4.68 Å². The lowest BCUT2D eigenvalue weighted by molar-refractivity contribution is 0.0673. The minimum atomic E-state index is -3.59. The van der Waals surface area contributed by atoms with Crippen molar-refractivity contribution in [3.05, 3.63) is 12.3 Å². The summed E-state index contributed by atoms with van der Waals surface area (Å²) in [5.74, 6) is 0.428. The van der Waals surface area contributed by atoms with Gasteiger partial charge in [0.2, 0.25) is 0 Å². The Hall–Kier alpha value is -0.920. The molecule has 1 aromatic heterocycles. The molecule has 1 N–H and O–H groups in total. The van der Waals surface area contributed by atoms with Crippen LogP contribution in [0.2, 0.25) is 0 Å². The quantitative estimate of drug-likeness (QED) is 0.883. The first-order valence-electron chi connectivity index (χ1n) is 6.52. The van der Waals surface area contributed by atoms with Gasteiger partial charge in [0.25, 0.3) is 10.0 Å². The topological polar surface area (TPSA) is 75.4 Å². The molecule has 108 valence electrons. The van der Waals surface area contributed by atoms with Gasteiger partial charge < -0.3 is 5.11 Å². The van der Waals surface area contributed by atoms with Crippen molar-refractivity contribution >= 4 is 10.0 Å². The number of aliphatic hydroxyl groups is 1. The van der Waals surface area contributed by atoms with Gasteiger partial charge in [-0.25, -0.2) is 8.42 Å². The summed E-state index contributed by atoms with van der Waals surface area (Å²) < 4.78 is 28.1. The van der Waals surface area contributed by atoms with E-state index in [4.69, 9.17) is 0 Å². The smallest absolute Gasteiger partial charge is 0.260 e. The van der Waals surface area contributed by atoms with Crippen molar-refractivity contribution in [1.29, 1.82) is 0 Å². The summed E-state index contributed by atoms with van der Waals surface area (Å²) in [6.07, 6.45) is 2.30. The van der Waals surface area contributed by atoms with Crippen LogP contribution in [-0.2, 0) is 17.1 Å². The summed E-state index contributed by atoms with van der Waals surface area (Å²) >= 11 is 0. The number of piperidine rings is 1. The van der Waals surface area contributed by atoms with Crippen LogP contribution in [0.1, 0.15) is 26.7 Å². The van der Waals surface area contributed by atoms with Crippen molar-refractivity contribution < 1.29 is 13.5 Å². The first kappa shape index (κ1) is 14.5. The number of aliphatic hydroxyl groups excluding tert-OH is 1. The van der Waals surface area contributed by atoms with Gasteiger partial charge in [0.1, 0.15) is 0 Å². The first-order valence-corrected chi connectivity index (χ1v) is 7.96. The standard InChI is InChI=1S/C12H21N3O3S/c1-9-5-7-15(11(8-9)10(2)16)19(17,18)12-4-6-13-14(12)3/h4,6,9-11,16H,5,7-8H2,1-3H3. The SMILES string of the molecule is CC1CCN(S(=O)(=O)c2ccnn2C)C(C(C)O)C1. The Bertz CT molecular complexity index is 538. The van der Waals surface area contributed by atoms with Crippen molar-refractivity contribution in [1.82, 2.24) is 14.1 Å². The van der Waals surface area contributed by atoms with Crippen LogP contribution in [-0.4, -0.2) is 46.3 Å². The largest absolute Gasteiger partial charge is 0.392 e. The number of hydrogen-bond acceptors (Lipinski definition) is 4. The van der Waals surface area contributed by atoms with E-state index in [1.807, 2.05) is 0 Å². The third-order valence-electron chi connectivity index (χ3n) is 3.76. The van der Waals surface area contributed by atoms with E-state index in [1.165, 1.54) is 21.3 Å². The van der Waals surface area contributed by atoms with Gasteiger partial charge in [-0.2, -0.15) is 9.40 Å². The second-order valence-corrected chi connectivity index (χ2v) is 7.18. The van der Waals surface area contributed by atoms with E-state index in [-0.39, 0.29) is 11.1 Å². The molecule has 1 aliphatic heterocycles. The molecule has 3 unspecified atom stereocenters. The Morgan fingerprint density at radius 3 is 2.74 bits per heavy atom. The molecule has 19 heavy (non-hydrogen) atoms. The molecule has 1 aliphatic rings. The van der Waals surface area contributed by atoms with Crippen LogP contribution in [0.15, 0.2) is 17.3 Å². The monoisotopic (exact) mass is 287 g/mol. The fourth-order valence-corrected chi connectivity index (χ4v) is 4.45. The highest BCUT2D eigenvalue weighted by atomic mass is 32.2. The number of sulfonamides is 1. The van der Waals surface area contributed by atoms with E-state index in [1.54, 1.807) is 14.0 Å². The first-order chi connectivity index (χ1) is 8.84. The molecule has 0 aliphatic carbocycles. The highest BCUT2D eigenvalue weighted by molar-refractivity contribution is 7.89. The van der Waals surface area contributed by atoms with Gasteiger partial charge in [-0.15, -0.1) is 0 Å². The predicted octanol–water partition coefficient (Wildman–Crippen LogP) is 0.590. The van der Waals surface area contributed by atoms with Crippen molar-refractivity contribution in [3.8, 4) is 0 Å². The number of nitrogens with zero attached hydrogens (tertiary/aromatic N) is 3. The summed E-state index contributed by atoms with van der Waals surface area (Å²) in [5.41, 5.74) is 0. The van der Waals surface area contributed by atoms with Crippen LogP contribution in [0.5, 0.6) is 0 Å². The van der Waals surface area contributed by atoms with Crippen molar-refractivity contribution in [2.75, 3.05) is 6.54 Å². The second-order valence-electron chi connectivity index (χ2n) is 5.35. The molecule has 0 amide bonds. The lowest BCUT2D eigenvalue weighted by Gasteiger charge is -2.38. The Morgan fingerprint density at radius 2 is 2.21 bits per heavy atom. The normalized spacial score (nSPS) is 27.4. The molecule has 0 radical (unpaired) electrons. The zero-order chi connectivity index (χ0) is 14.2. The lowest BCUT2D eigenvalue weighted by atomic mass is 9.92. The summed E-state index contributed by atoms with van der Waals surface area (Å²) in [7, 11) is -1.99. The molecule has 2 heterocycles. The summed E-state index contributed by atoms with van der Waals surface area (Å²) in [5, 5.41) is 14.0. The third kappa shape index (κ3) is 2.68. The molecule has 7 heteroatoms. The molecule has 2 rings (SSSR count). The van der Waals surface area contributed by atoms with Gasteiger partial charge in [0.05, 0.1) is 18.3 Å². The lowest BCUT2D eigenvalue weighted by Crippen LogP contribution is -2.50. The molecule has 1 fully saturated rings. The molecular formula is C12H21N3O3S. The molecule has 0 bridgehead atoms. The van der Waals surface area contributed by atoms with Crippen LogP contribution in [0, 0.1) is 5.92 Å². The van der Waals surface area contributed by atoms with Crippen LogP contribution in [0.25, 0.3) is 0 Å². The van der Waals surface area contributed by atoms with Crippen LogP contribution in [0.4, 0.5) is 0 Å². The maximum Gasteiger partial charge on any atom is 0.260 e. The Balaban J connectivity index is 2.36. The molecule has 6 nitrogen and oxygen atoms in total. The highest BCUT2D eigenvalue weighted by Gasteiger charge is 2.39. The number of rotatable bonds is 3. The molecule has 3 atom stereocenters. The third-order valence-corrected chi connectivity index (χ3v) is 5.76. The fourth-order valence-electron chi connectivity index (χ4n) is 2.63. The Morgan fingerprint density at radius 1 is 1.53 bits per heavy atom. The highest BCUT2D eigenvalue weighted by Crippen LogP contribution is 2.29. The average molecular weight is 287 g/mol.